The van der Waals surface area contributed by atoms with Gasteiger partial charge in [0, 0.05) is 49.5 Å². The summed E-state index contributed by atoms with van der Waals surface area (Å²) in [5, 5.41) is 13.3. The number of nitrogens with zero attached hydrogens (tertiary/aromatic N) is 2. The zero-order valence-electron chi connectivity index (χ0n) is 23.1. The Balaban J connectivity index is 1.12. The van der Waals surface area contributed by atoms with Gasteiger partial charge in [-0.3, -0.25) is 0 Å². The predicted octanol–water partition coefficient (Wildman–Crippen LogP) is 1.83. The number of rotatable bonds is 10. The monoisotopic (exact) mass is 647 g/mol. The van der Waals surface area contributed by atoms with E-state index >= 15 is 0 Å². The van der Waals surface area contributed by atoms with Crippen LogP contribution >= 0.6 is 0 Å². The van der Waals surface area contributed by atoms with E-state index in [0.717, 1.165) is 18.5 Å². The highest BCUT2D eigenvalue weighted by atomic mass is 32.2. The van der Waals surface area contributed by atoms with Crippen molar-refractivity contribution in [3.63, 3.8) is 0 Å². The Morgan fingerprint density at radius 1 is 1.21 bits per heavy atom. The Bertz CT molecular complexity index is 1670. The van der Waals surface area contributed by atoms with Gasteiger partial charge in [-0.1, -0.05) is 6.07 Å². The van der Waals surface area contributed by atoms with Gasteiger partial charge in [-0.15, -0.1) is 0 Å². The average molecular weight is 648 g/mol. The molecule has 2 saturated heterocycles. The molecule has 0 bridgehead atoms. The second kappa shape index (κ2) is 11.9. The Kier molecular flexibility index (Phi) is 8.78. The van der Waals surface area contributed by atoms with E-state index in [0.29, 0.717) is 31.6 Å². The zero-order chi connectivity index (χ0) is 31.0. The molecule has 2 aromatic heterocycles. The number of hydrogen-bond acceptors (Lipinski definition) is 9. The summed E-state index contributed by atoms with van der Waals surface area (Å²) in [6.45, 7) is 0.734. The minimum absolute atomic E-state index is 0.0429. The number of aliphatic hydroxyl groups excluding tert-OH is 1. The summed E-state index contributed by atoms with van der Waals surface area (Å²) < 4.78 is 106. The largest absolute Gasteiger partial charge is 0.491 e. The number of aromatic amines is 1. The smallest absolute Gasteiger partial charge is 0.418 e. The Morgan fingerprint density at radius 3 is 2.65 bits per heavy atom. The van der Waals surface area contributed by atoms with Crippen molar-refractivity contribution in [3.05, 3.63) is 48.3 Å². The second-order valence-corrected chi connectivity index (χ2v) is 14.4. The van der Waals surface area contributed by atoms with Gasteiger partial charge in [-0.05, 0) is 44.5 Å². The quantitative estimate of drug-likeness (QED) is 0.257. The van der Waals surface area contributed by atoms with Crippen LogP contribution in [0.15, 0.2) is 52.5 Å². The van der Waals surface area contributed by atoms with Crippen LogP contribution in [-0.4, -0.2) is 93.9 Å². The maximum Gasteiger partial charge on any atom is 0.418 e. The van der Waals surface area contributed by atoms with Gasteiger partial charge in [0.25, 0.3) is 0 Å². The number of sulfonamides is 2. The third-order valence-electron chi connectivity index (χ3n) is 7.76. The van der Waals surface area contributed by atoms with Crippen LogP contribution in [0.4, 0.5) is 13.2 Å². The third-order valence-corrected chi connectivity index (χ3v) is 11.0. The number of benzene rings is 1. The summed E-state index contributed by atoms with van der Waals surface area (Å²) in [4.78, 5) is 6.05. The molecule has 0 aliphatic carbocycles. The lowest BCUT2D eigenvalue weighted by Crippen LogP contribution is -2.47. The maximum absolute atomic E-state index is 13.3. The highest BCUT2D eigenvalue weighted by Crippen LogP contribution is 2.38. The number of pyridine rings is 1. The molecule has 17 heteroatoms. The summed E-state index contributed by atoms with van der Waals surface area (Å²) in [5.41, 5.74) is -1.59. The van der Waals surface area contributed by atoms with E-state index in [1.54, 1.807) is 6.07 Å². The lowest BCUT2D eigenvalue weighted by atomic mass is 9.88. The second-order valence-electron chi connectivity index (χ2n) is 10.6. The minimum atomic E-state index is -4.66. The molecular weight excluding hydrogens is 615 g/mol. The first kappa shape index (κ1) is 31.6. The van der Waals surface area contributed by atoms with Gasteiger partial charge in [0.15, 0.2) is 0 Å². The molecule has 2 unspecified atom stereocenters. The summed E-state index contributed by atoms with van der Waals surface area (Å²) >= 11 is 0. The van der Waals surface area contributed by atoms with Gasteiger partial charge >= 0.3 is 6.18 Å². The average Bonchev–Trinajstić information content (AvgIpc) is 3.59. The first-order valence-corrected chi connectivity index (χ1v) is 16.4. The fourth-order valence-corrected chi connectivity index (χ4v) is 7.55. The van der Waals surface area contributed by atoms with Crippen molar-refractivity contribution in [1.29, 1.82) is 0 Å². The third kappa shape index (κ3) is 6.82. The molecule has 4 heterocycles. The molecule has 5 rings (SSSR count). The van der Waals surface area contributed by atoms with Gasteiger partial charge < -0.3 is 24.9 Å². The standard InChI is InChI=1S/C26H32F3N5O7S2/c1-30-42(36,37)20-4-2-3-19(9-20)40-16-18(35)12-31-17-11-25(41-15-17)5-7-34(8-6-25)43(38,39)21-10-22-23(26(27,28)29)14-33-24(22)32-13-21/h2-4,9-10,13-14,17-18,30-31,35H,5-8,11-12,15-16H2,1H3,(H,32,33). The van der Waals surface area contributed by atoms with Crippen molar-refractivity contribution in [3.8, 4) is 5.75 Å². The van der Waals surface area contributed by atoms with Crippen LogP contribution in [0, 0.1) is 0 Å². The molecule has 0 saturated carbocycles. The lowest BCUT2D eigenvalue weighted by molar-refractivity contribution is -0.136. The Labute approximate surface area is 246 Å². The number of halogens is 3. The molecule has 3 aromatic rings. The molecule has 43 heavy (non-hydrogen) atoms. The highest BCUT2D eigenvalue weighted by molar-refractivity contribution is 7.89. The van der Waals surface area contributed by atoms with E-state index in [1.165, 1.54) is 29.6 Å². The molecule has 0 amide bonds. The van der Waals surface area contributed by atoms with E-state index in [2.05, 4.69) is 20.0 Å². The first-order chi connectivity index (χ1) is 20.2. The molecule has 2 aliphatic rings. The molecule has 2 fully saturated rings. The van der Waals surface area contributed by atoms with Crippen LogP contribution in [0.5, 0.6) is 5.75 Å². The van der Waals surface area contributed by atoms with Gasteiger partial charge in [0.2, 0.25) is 20.0 Å². The van der Waals surface area contributed by atoms with E-state index in [4.69, 9.17) is 9.47 Å². The zero-order valence-corrected chi connectivity index (χ0v) is 24.7. The molecular formula is C26H32F3N5O7S2. The fraction of sp³-hybridized carbons (Fsp3) is 0.500. The molecule has 1 aromatic carbocycles. The number of H-pyrrole nitrogens is 1. The van der Waals surface area contributed by atoms with E-state index < -0.39 is 43.5 Å². The molecule has 1 spiro atoms. The lowest BCUT2D eigenvalue weighted by Gasteiger charge is -2.38. The number of piperidine rings is 1. The van der Waals surface area contributed by atoms with Gasteiger partial charge in [-0.2, -0.15) is 17.5 Å². The molecule has 0 radical (unpaired) electrons. The van der Waals surface area contributed by atoms with Gasteiger partial charge in [0.1, 0.15) is 29.0 Å². The number of ether oxygens (including phenoxy) is 2. The predicted molar refractivity (Wildman–Crippen MR) is 148 cm³/mol. The van der Waals surface area contributed by atoms with E-state index in [-0.39, 0.29) is 53.1 Å². The van der Waals surface area contributed by atoms with E-state index in [1.807, 2.05) is 0 Å². The van der Waals surface area contributed by atoms with Crippen LogP contribution in [-0.2, 0) is 31.0 Å². The van der Waals surface area contributed by atoms with Crippen molar-refractivity contribution in [2.75, 3.05) is 39.9 Å². The molecule has 2 atom stereocenters. The van der Waals surface area contributed by atoms with Crippen LogP contribution in [0.25, 0.3) is 11.0 Å². The van der Waals surface area contributed by atoms with Crippen LogP contribution < -0.4 is 14.8 Å². The number of aromatic nitrogens is 2. The first-order valence-electron chi connectivity index (χ1n) is 13.5. The Hall–Kier alpha value is -2.80. The number of alkyl halides is 3. The summed E-state index contributed by atoms with van der Waals surface area (Å²) in [5.74, 6) is 0.296. The number of nitrogens with one attached hydrogen (secondary N) is 3. The number of hydrogen-bond donors (Lipinski definition) is 4. The maximum atomic E-state index is 13.3. The topological polar surface area (TPSA) is 163 Å². The van der Waals surface area contributed by atoms with Crippen LogP contribution in [0.3, 0.4) is 0 Å². The minimum Gasteiger partial charge on any atom is -0.491 e. The van der Waals surface area contributed by atoms with Gasteiger partial charge in [-0.25, -0.2) is 26.5 Å². The molecule has 4 N–H and O–H groups in total. The van der Waals surface area contributed by atoms with Crippen molar-refractivity contribution >= 4 is 31.1 Å². The summed E-state index contributed by atoms with van der Waals surface area (Å²) in [6.07, 6.45) is -2.34. The van der Waals surface area contributed by atoms with Crippen molar-refractivity contribution < 1.29 is 44.6 Å². The fourth-order valence-electron chi connectivity index (χ4n) is 5.37. The molecule has 2 aliphatic heterocycles. The normalized spacial score (nSPS) is 20.5. The molecule has 236 valence electrons. The van der Waals surface area contributed by atoms with Crippen molar-refractivity contribution in [2.45, 2.75) is 53.0 Å². The highest BCUT2D eigenvalue weighted by Gasteiger charge is 2.45. The van der Waals surface area contributed by atoms with Crippen LogP contribution in [0.2, 0.25) is 0 Å². The number of fused-ring (bicyclic) bond motifs is 1. The van der Waals surface area contributed by atoms with Gasteiger partial charge in [0.05, 0.1) is 22.7 Å². The van der Waals surface area contributed by atoms with Crippen LogP contribution in [0.1, 0.15) is 24.8 Å². The molecule has 12 nitrogen and oxygen atoms in total. The SMILES string of the molecule is CNS(=O)(=O)c1cccc(OCC(O)CNC2COC3(CCN(S(=O)(=O)c4cnc5[nH]cc(C(F)(F)F)c5c4)CC3)C2)c1. The summed E-state index contributed by atoms with van der Waals surface area (Å²) in [7, 11) is -6.40. The Morgan fingerprint density at radius 2 is 1.95 bits per heavy atom. The summed E-state index contributed by atoms with van der Waals surface area (Å²) in [6, 6.07) is 6.83. The van der Waals surface area contributed by atoms with Crippen molar-refractivity contribution in [1.82, 2.24) is 24.3 Å². The van der Waals surface area contributed by atoms with Crippen molar-refractivity contribution in [2.24, 2.45) is 0 Å². The number of aliphatic hydroxyl groups is 1. The van der Waals surface area contributed by atoms with E-state index in [9.17, 15) is 35.1 Å².